The number of nitrogens with zero attached hydrogens (tertiary/aromatic N) is 2. The number of pyridine rings is 1. The fourth-order valence-electron chi connectivity index (χ4n) is 2.47. The Balaban J connectivity index is 2.01. The van der Waals surface area contributed by atoms with Crippen LogP contribution in [0.3, 0.4) is 0 Å². The summed E-state index contributed by atoms with van der Waals surface area (Å²) in [5.41, 5.74) is 1.76. The normalized spacial score (nSPS) is 10.9. The number of imidazole rings is 1. The van der Waals surface area contributed by atoms with Crippen LogP contribution in [-0.4, -0.2) is 37.9 Å². The quantitative estimate of drug-likeness (QED) is 0.222. The van der Waals surface area contributed by atoms with Gasteiger partial charge in [0.2, 0.25) is 0 Å². The van der Waals surface area contributed by atoms with E-state index in [1.54, 1.807) is 24.4 Å². The SMILES string of the molecule is C=C(O)/C=C\c1nc(CCNC(=O)c2cccn(C(=N)CC)c2=N)[nH]c1C. The van der Waals surface area contributed by atoms with E-state index in [-0.39, 0.29) is 28.6 Å². The highest BCUT2D eigenvalue weighted by molar-refractivity contribution is 5.94. The van der Waals surface area contributed by atoms with Crippen molar-refractivity contribution in [2.45, 2.75) is 26.7 Å². The first kappa shape index (κ1) is 19.9. The first-order chi connectivity index (χ1) is 12.8. The first-order valence-corrected chi connectivity index (χ1v) is 8.57. The van der Waals surface area contributed by atoms with Crippen molar-refractivity contribution in [1.82, 2.24) is 19.9 Å². The number of aromatic nitrogens is 3. The van der Waals surface area contributed by atoms with Gasteiger partial charge in [0.05, 0.1) is 11.3 Å². The number of rotatable bonds is 7. The monoisotopic (exact) mass is 368 g/mol. The van der Waals surface area contributed by atoms with Crippen molar-refractivity contribution in [2.75, 3.05) is 6.54 Å². The molecule has 0 aliphatic carbocycles. The molecular formula is C19H24N6O2. The van der Waals surface area contributed by atoms with Crippen LogP contribution in [-0.2, 0) is 6.42 Å². The average molecular weight is 368 g/mol. The van der Waals surface area contributed by atoms with E-state index >= 15 is 0 Å². The molecule has 0 atom stereocenters. The average Bonchev–Trinajstić information content (AvgIpc) is 2.99. The molecule has 8 nitrogen and oxygen atoms in total. The predicted octanol–water partition coefficient (Wildman–Crippen LogP) is 2.29. The van der Waals surface area contributed by atoms with Crippen molar-refractivity contribution in [3.8, 4) is 0 Å². The molecule has 8 heteroatoms. The second-order valence-corrected chi connectivity index (χ2v) is 5.97. The zero-order valence-electron chi connectivity index (χ0n) is 15.5. The molecule has 0 radical (unpaired) electrons. The van der Waals surface area contributed by atoms with Crippen molar-refractivity contribution in [1.29, 1.82) is 10.8 Å². The van der Waals surface area contributed by atoms with Crippen LogP contribution in [0.25, 0.3) is 6.08 Å². The summed E-state index contributed by atoms with van der Waals surface area (Å²) in [6, 6.07) is 3.22. The van der Waals surface area contributed by atoms with Crippen LogP contribution in [0.4, 0.5) is 0 Å². The molecule has 5 N–H and O–H groups in total. The van der Waals surface area contributed by atoms with Gasteiger partial charge >= 0.3 is 0 Å². The summed E-state index contributed by atoms with van der Waals surface area (Å²) in [5, 5.41) is 27.9. The second kappa shape index (κ2) is 8.79. The highest BCUT2D eigenvalue weighted by Gasteiger charge is 2.11. The Morgan fingerprint density at radius 3 is 2.93 bits per heavy atom. The minimum Gasteiger partial charge on any atom is -0.509 e. The summed E-state index contributed by atoms with van der Waals surface area (Å²) in [6.07, 6.45) is 5.69. The highest BCUT2D eigenvalue weighted by atomic mass is 16.3. The number of carbonyl (C=O) groups is 1. The molecule has 1 amide bonds. The lowest BCUT2D eigenvalue weighted by atomic mass is 10.2. The number of H-pyrrole nitrogens is 1. The molecule has 0 saturated carbocycles. The van der Waals surface area contributed by atoms with Crippen LogP contribution in [0.1, 0.15) is 40.9 Å². The fraction of sp³-hybridized carbons (Fsp3) is 0.263. The van der Waals surface area contributed by atoms with Crippen LogP contribution in [0.2, 0.25) is 0 Å². The summed E-state index contributed by atoms with van der Waals surface area (Å²) in [4.78, 5) is 19.9. The zero-order chi connectivity index (χ0) is 20.0. The molecular weight excluding hydrogens is 344 g/mol. The van der Waals surface area contributed by atoms with Gasteiger partial charge < -0.3 is 15.4 Å². The van der Waals surface area contributed by atoms with Crippen LogP contribution in [0.5, 0.6) is 0 Å². The van der Waals surface area contributed by atoms with Gasteiger partial charge in [-0.25, -0.2) is 4.98 Å². The van der Waals surface area contributed by atoms with Gasteiger partial charge in [-0.1, -0.05) is 13.5 Å². The number of amides is 1. The number of aromatic amines is 1. The maximum absolute atomic E-state index is 12.4. The molecule has 0 spiro atoms. The van der Waals surface area contributed by atoms with E-state index < -0.39 is 0 Å². The molecule has 2 rings (SSSR count). The lowest BCUT2D eigenvalue weighted by Crippen LogP contribution is -2.35. The molecule has 0 aromatic carbocycles. The number of carbonyl (C=O) groups excluding carboxylic acids is 1. The summed E-state index contributed by atoms with van der Waals surface area (Å²) in [7, 11) is 0. The van der Waals surface area contributed by atoms with Crippen molar-refractivity contribution in [3.05, 3.63) is 65.0 Å². The Kier molecular flexibility index (Phi) is 6.48. The van der Waals surface area contributed by atoms with Crippen LogP contribution in [0, 0.1) is 17.7 Å². The van der Waals surface area contributed by atoms with Gasteiger partial charge in [0, 0.05) is 31.3 Å². The third kappa shape index (κ3) is 5.04. The number of aryl methyl sites for hydroxylation is 1. The molecule has 2 aromatic heterocycles. The van der Waals surface area contributed by atoms with Gasteiger partial charge in [-0.15, -0.1) is 0 Å². The van der Waals surface area contributed by atoms with Crippen molar-refractivity contribution >= 4 is 17.8 Å². The maximum Gasteiger partial charge on any atom is 0.255 e. The van der Waals surface area contributed by atoms with E-state index in [4.69, 9.17) is 15.9 Å². The first-order valence-electron chi connectivity index (χ1n) is 8.57. The van der Waals surface area contributed by atoms with E-state index in [1.807, 2.05) is 13.8 Å². The Morgan fingerprint density at radius 2 is 2.26 bits per heavy atom. The molecule has 0 aliphatic rings. The number of allylic oxidation sites excluding steroid dienone is 1. The maximum atomic E-state index is 12.4. The van der Waals surface area contributed by atoms with Gasteiger partial charge in [-0.2, -0.15) is 0 Å². The standard InChI is InChI=1S/C19H24N6O2/c1-4-16(20)25-11-5-6-14(18(25)21)19(27)22-10-9-17-23-13(3)15(24-17)8-7-12(2)26/h5-8,11,20-21,26H,2,4,9-10H2,1,3H3,(H,22,27)(H,23,24)/b8-7-,20-16?,21-18?. The molecule has 0 aliphatic heterocycles. The number of hydrogen-bond acceptors (Lipinski definition) is 5. The molecule has 0 fully saturated rings. The second-order valence-electron chi connectivity index (χ2n) is 5.97. The lowest BCUT2D eigenvalue weighted by Gasteiger charge is -2.10. The third-order valence-electron chi connectivity index (χ3n) is 3.92. The number of aliphatic hydroxyl groups is 1. The Bertz CT molecular complexity index is 951. The van der Waals surface area contributed by atoms with Crippen molar-refractivity contribution in [2.24, 2.45) is 0 Å². The van der Waals surface area contributed by atoms with Crippen LogP contribution >= 0.6 is 0 Å². The van der Waals surface area contributed by atoms with Gasteiger partial charge in [0.1, 0.15) is 22.9 Å². The van der Waals surface area contributed by atoms with E-state index in [9.17, 15) is 4.79 Å². The van der Waals surface area contributed by atoms with E-state index in [0.717, 1.165) is 5.69 Å². The summed E-state index contributed by atoms with van der Waals surface area (Å²) < 4.78 is 1.39. The third-order valence-corrected chi connectivity index (χ3v) is 3.92. The minimum absolute atomic E-state index is 0.00708. The molecule has 0 saturated heterocycles. The number of aliphatic hydroxyl groups excluding tert-OH is 1. The summed E-state index contributed by atoms with van der Waals surface area (Å²) in [5.74, 6) is 0.553. The number of hydrogen-bond donors (Lipinski definition) is 5. The van der Waals surface area contributed by atoms with E-state index in [1.165, 1.54) is 10.6 Å². The van der Waals surface area contributed by atoms with Crippen LogP contribution < -0.4 is 10.8 Å². The number of nitrogens with one attached hydrogen (secondary N) is 4. The van der Waals surface area contributed by atoms with E-state index in [0.29, 0.717) is 30.9 Å². The molecule has 0 unspecified atom stereocenters. The molecule has 0 bridgehead atoms. The van der Waals surface area contributed by atoms with Crippen LogP contribution in [0.15, 0.2) is 36.7 Å². The van der Waals surface area contributed by atoms with Gasteiger partial charge in [-0.05, 0) is 31.2 Å². The topological polar surface area (TPSA) is 131 Å². The fourth-order valence-corrected chi connectivity index (χ4v) is 2.47. The molecule has 2 aromatic rings. The summed E-state index contributed by atoms with van der Waals surface area (Å²) in [6.45, 7) is 7.43. The molecule has 2 heterocycles. The Labute approximate surface area is 157 Å². The predicted molar refractivity (Wildman–Crippen MR) is 104 cm³/mol. The highest BCUT2D eigenvalue weighted by Crippen LogP contribution is 2.08. The van der Waals surface area contributed by atoms with E-state index in [2.05, 4.69) is 21.9 Å². The zero-order valence-corrected chi connectivity index (χ0v) is 15.5. The molecule has 27 heavy (non-hydrogen) atoms. The van der Waals surface area contributed by atoms with Gasteiger partial charge in [0.15, 0.2) is 0 Å². The van der Waals surface area contributed by atoms with Gasteiger partial charge in [-0.3, -0.25) is 20.2 Å². The smallest absolute Gasteiger partial charge is 0.255 e. The lowest BCUT2D eigenvalue weighted by molar-refractivity contribution is 0.0951. The van der Waals surface area contributed by atoms with Gasteiger partial charge in [0.25, 0.3) is 5.91 Å². The Hall–Kier alpha value is -3.42. The van der Waals surface area contributed by atoms with Crippen molar-refractivity contribution < 1.29 is 9.90 Å². The minimum atomic E-state index is -0.363. The molecule has 142 valence electrons. The summed E-state index contributed by atoms with van der Waals surface area (Å²) >= 11 is 0. The largest absolute Gasteiger partial charge is 0.509 e. The van der Waals surface area contributed by atoms with Crippen molar-refractivity contribution in [3.63, 3.8) is 0 Å². The Morgan fingerprint density at radius 1 is 1.52 bits per heavy atom.